The molecule has 0 radical (unpaired) electrons. The summed E-state index contributed by atoms with van der Waals surface area (Å²) in [6.45, 7) is 0. The molecule has 0 spiro atoms. The zero-order valence-corrected chi connectivity index (χ0v) is 18.6. The van der Waals surface area contributed by atoms with Crippen LogP contribution in [0, 0.1) is 0 Å². The quantitative estimate of drug-likeness (QED) is 0.322. The van der Waals surface area contributed by atoms with Gasteiger partial charge in [-0.1, -0.05) is 36.4 Å². The maximum atomic E-state index is 13.0. The number of rotatable bonds is 4. The molecule has 1 amide bonds. The molecule has 2 aromatic heterocycles. The van der Waals surface area contributed by atoms with E-state index in [-0.39, 0.29) is 12.3 Å². The Hall–Kier alpha value is -2.91. The van der Waals surface area contributed by atoms with Gasteiger partial charge in [0.25, 0.3) is 0 Å². The first kappa shape index (κ1) is 20.0. The Morgan fingerprint density at radius 1 is 1.10 bits per heavy atom. The normalized spacial score (nSPS) is 15.1. The van der Waals surface area contributed by atoms with Gasteiger partial charge in [-0.2, -0.15) is 0 Å². The van der Waals surface area contributed by atoms with Crippen LogP contribution in [0.15, 0.2) is 81.6 Å². The zero-order chi connectivity index (χ0) is 21.6. The van der Waals surface area contributed by atoms with E-state index in [0.717, 1.165) is 32.6 Å². The van der Waals surface area contributed by atoms with E-state index in [9.17, 15) is 13.9 Å². The molecule has 0 aliphatic carbocycles. The lowest BCUT2D eigenvalue weighted by molar-refractivity contribution is -0.115. The minimum absolute atomic E-state index is 0.105. The highest BCUT2D eigenvalue weighted by atomic mass is 79.9. The molecule has 1 aliphatic rings. The number of benzene rings is 2. The van der Waals surface area contributed by atoms with Crippen molar-refractivity contribution < 1.29 is 13.9 Å². The number of nitrogens with zero attached hydrogens (tertiary/aromatic N) is 2. The maximum Gasteiger partial charge on any atom is 0.230 e. The van der Waals surface area contributed by atoms with Crippen LogP contribution >= 0.6 is 26.5 Å². The summed E-state index contributed by atoms with van der Waals surface area (Å²) in [5.74, 6) is -0.221. The van der Waals surface area contributed by atoms with Gasteiger partial charge < -0.3 is 9.72 Å². The Labute approximate surface area is 188 Å². The second-order valence-corrected chi connectivity index (χ2v) is 10.0. The van der Waals surface area contributed by atoms with E-state index in [1.54, 1.807) is 24.3 Å². The van der Waals surface area contributed by atoms with Gasteiger partial charge in [-0.25, -0.2) is 4.98 Å². The molecule has 156 valence electrons. The molecule has 2 aromatic carbocycles. The summed E-state index contributed by atoms with van der Waals surface area (Å²) < 4.78 is 23.1. The van der Waals surface area contributed by atoms with Crippen LogP contribution in [0.3, 0.4) is 0 Å². The van der Waals surface area contributed by atoms with Crippen LogP contribution < -0.4 is 5.32 Å². The Morgan fingerprint density at radius 3 is 2.71 bits per heavy atom. The minimum atomic E-state index is -2.94. The number of nitrogens with one attached hydrogen (secondary N) is 1. The number of halogens is 1. The average molecular weight is 496 g/mol. The van der Waals surface area contributed by atoms with Gasteiger partial charge >= 0.3 is 0 Å². The van der Waals surface area contributed by atoms with E-state index < -0.39 is 10.6 Å². The standard InChI is InChI=1S/C23H18BrN3O3S/c24-17-7-9-21-26-23(16-4-2-1-3-5-16)19(27(21)14-17)13-22(28)25-18-8-6-15-10-11-31(29,30)20(15)12-18/h1-12,14,29-30H,13H2,(H,25,28). The number of carbonyl (C=O) groups is 1. The van der Waals surface area contributed by atoms with Crippen molar-refractivity contribution in [1.29, 1.82) is 0 Å². The topological polar surface area (TPSA) is 86.9 Å². The molecule has 3 heterocycles. The van der Waals surface area contributed by atoms with Gasteiger partial charge in [0.2, 0.25) is 5.91 Å². The summed E-state index contributed by atoms with van der Waals surface area (Å²) >= 11 is 3.49. The number of fused-ring (bicyclic) bond motifs is 2. The summed E-state index contributed by atoms with van der Waals surface area (Å²) in [7, 11) is -2.94. The summed E-state index contributed by atoms with van der Waals surface area (Å²) in [6.07, 6.45) is 3.68. The van der Waals surface area contributed by atoms with Crippen molar-refractivity contribution in [3.8, 4) is 11.3 Å². The summed E-state index contributed by atoms with van der Waals surface area (Å²) in [5.41, 5.74) is 4.47. The van der Waals surface area contributed by atoms with Crippen LogP contribution in [0.4, 0.5) is 5.69 Å². The summed E-state index contributed by atoms with van der Waals surface area (Å²) in [4.78, 5) is 18.1. The third kappa shape index (κ3) is 3.79. The Balaban J connectivity index is 1.48. The number of imidazole rings is 1. The van der Waals surface area contributed by atoms with Gasteiger partial charge in [-0.15, -0.1) is 10.6 Å². The van der Waals surface area contributed by atoms with Crippen LogP contribution in [-0.4, -0.2) is 24.4 Å². The van der Waals surface area contributed by atoms with Gasteiger partial charge in [-0.05, 0) is 51.8 Å². The van der Waals surface area contributed by atoms with Gasteiger partial charge in [0, 0.05) is 27.3 Å². The highest BCUT2D eigenvalue weighted by molar-refractivity contribution is 9.10. The minimum Gasteiger partial charge on any atom is -0.326 e. The lowest BCUT2D eigenvalue weighted by Gasteiger charge is -2.25. The monoisotopic (exact) mass is 495 g/mol. The molecule has 0 unspecified atom stereocenters. The lowest BCUT2D eigenvalue weighted by atomic mass is 10.1. The van der Waals surface area contributed by atoms with Crippen LogP contribution in [0.5, 0.6) is 0 Å². The van der Waals surface area contributed by atoms with Crippen molar-refractivity contribution >= 4 is 49.8 Å². The number of carbonyl (C=O) groups excluding carboxylic acids is 1. The maximum absolute atomic E-state index is 13.0. The van der Waals surface area contributed by atoms with Gasteiger partial charge in [0.15, 0.2) is 0 Å². The lowest BCUT2D eigenvalue weighted by Crippen LogP contribution is -2.16. The molecule has 5 rings (SSSR count). The van der Waals surface area contributed by atoms with Crippen molar-refractivity contribution in [2.24, 2.45) is 0 Å². The number of amides is 1. The molecule has 0 fully saturated rings. The van der Waals surface area contributed by atoms with E-state index in [1.807, 2.05) is 53.1 Å². The molecular formula is C23H18BrN3O3S. The fraction of sp³-hybridized carbons (Fsp3) is 0.0435. The predicted octanol–water partition coefficient (Wildman–Crippen LogP) is 6.04. The Kier molecular flexibility index (Phi) is 4.94. The van der Waals surface area contributed by atoms with E-state index >= 15 is 0 Å². The van der Waals surface area contributed by atoms with E-state index in [2.05, 4.69) is 21.2 Å². The largest absolute Gasteiger partial charge is 0.326 e. The highest BCUT2D eigenvalue weighted by Crippen LogP contribution is 2.56. The molecule has 4 aromatic rings. The van der Waals surface area contributed by atoms with Gasteiger partial charge in [-0.3, -0.25) is 13.9 Å². The predicted molar refractivity (Wildman–Crippen MR) is 127 cm³/mol. The first-order chi connectivity index (χ1) is 14.9. The number of pyridine rings is 1. The molecule has 0 bridgehead atoms. The number of anilines is 1. The molecular weight excluding hydrogens is 478 g/mol. The van der Waals surface area contributed by atoms with Gasteiger partial charge in [0.1, 0.15) is 5.65 Å². The van der Waals surface area contributed by atoms with Crippen molar-refractivity contribution in [2.45, 2.75) is 11.3 Å². The molecule has 1 aliphatic heterocycles. The number of aromatic nitrogens is 2. The molecule has 0 saturated carbocycles. The van der Waals surface area contributed by atoms with Crippen molar-refractivity contribution in [3.63, 3.8) is 0 Å². The smallest absolute Gasteiger partial charge is 0.230 e. The Bertz CT molecular complexity index is 1350. The number of hydrogen-bond acceptors (Lipinski definition) is 4. The molecule has 8 heteroatoms. The molecule has 0 saturated heterocycles. The fourth-order valence-corrected chi connectivity index (χ4v) is 5.28. The molecule has 6 nitrogen and oxygen atoms in total. The van der Waals surface area contributed by atoms with E-state index in [4.69, 9.17) is 4.98 Å². The van der Waals surface area contributed by atoms with Crippen molar-refractivity contribution in [2.75, 3.05) is 5.32 Å². The molecule has 31 heavy (non-hydrogen) atoms. The molecule has 0 atom stereocenters. The third-order valence-electron chi connectivity index (χ3n) is 5.11. The van der Waals surface area contributed by atoms with Crippen LogP contribution in [0.1, 0.15) is 11.3 Å². The van der Waals surface area contributed by atoms with Gasteiger partial charge in [0.05, 0.1) is 22.7 Å². The number of hydrogen-bond donors (Lipinski definition) is 3. The average Bonchev–Trinajstić information content (AvgIpc) is 3.26. The summed E-state index contributed by atoms with van der Waals surface area (Å²) in [5, 5.41) is 4.27. The second-order valence-electron chi connectivity index (χ2n) is 7.22. The highest BCUT2D eigenvalue weighted by Gasteiger charge is 2.23. The first-order valence-electron chi connectivity index (χ1n) is 9.53. The zero-order valence-electron chi connectivity index (χ0n) is 16.2. The Morgan fingerprint density at radius 2 is 1.90 bits per heavy atom. The van der Waals surface area contributed by atoms with E-state index in [1.165, 1.54) is 5.41 Å². The van der Waals surface area contributed by atoms with Crippen LogP contribution in [-0.2, 0) is 11.2 Å². The second kappa shape index (κ2) is 7.65. The SMILES string of the molecule is O=C(Cc1c(-c2ccccc2)nc2ccc(Br)cn12)Nc1ccc2c(c1)S(O)(O)C=C2. The summed E-state index contributed by atoms with van der Waals surface area (Å²) in [6, 6.07) is 18.7. The fourth-order valence-electron chi connectivity index (χ4n) is 3.67. The van der Waals surface area contributed by atoms with Crippen LogP contribution in [0.25, 0.3) is 23.0 Å². The van der Waals surface area contributed by atoms with Crippen LogP contribution in [0.2, 0.25) is 0 Å². The van der Waals surface area contributed by atoms with Crippen molar-refractivity contribution in [3.05, 3.63) is 88.0 Å². The molecule has 3 N–H and O–H groups in total. The third-order valence-corrected chi connectivity index (χ3v) is 7.10. The van der Waals surface area contributed by atoms with E-state index in [0.29, 0.717) is 10.6 Å². The van der Waals surface area contributed by atoms with Crippen molar-refractivity contribution in [1.82, 2.24) is 9.38 Å². The first-order valence-corrected chi connectivity index (χ1v) is 11.9.